The molecule has 0 atom stereocenters. The largest absolute Gasteiger partial charge is 0.476 e. The van der Waals surface area contributed by atoms with Gasteiger partial charge in [-0.15, -0.1) is 0 Å². The first-order valence-electron chi connectivity index (χ1n) is 5.40. The fraction of sp³-hybridized carbons (Fsp3) is 0.300. The molecular weight excluding hydrogens is 254 g/mol. The van der Waals surface area contributed by atoms with Gasteiger partial charge in [0.25, 0.3) is 0 Å². The lowest BCUT2D eigenvalue weighted by molar-refractivity contribution is -0.385. The molecule has 0 aliphatic rings. The van der Waals surface area contributed by atoms with Gasteiger partial charge in [0.1, 0.15) is 12.0 Å². The molecule has 2 aromatic heterocycles. The smallest absolute Gasteiger partial charge is 0.363 e. The summed E-state index contributed by atoms with van der Waals surface area (Å²) in [7, 11) is 1.83. The van der Waals surface area contributed by atoms with Crippen molar-refractivity contribution in [2.24, 2.45) is 7.05 Å². The molecule has 0 unspecified atom stereocenters. The van der Waals surface area contributed by atoms with Gasteiger partial charge in [0, 0.05) is 32.4 Å². The lowest BCUT2D eigenvalue weighted by atomic mass is 10.4. The molecule has 0 amide bonds. The van der Waals surface area contributed by atoms with E-state index in [0.717, 1.165) is 12.0 Å². The highest BCUT2D eigenvalue weighted by atomic mass is 16.6. The molecule has 2 aromatic rings. The molecule has 0 aromatic carbocycles. The molecule has 0 saturated carbocycles. The molecule has 9 nitrogen and oxygen atoms in total. The Morgan fingerprint density at radius 3 is 2.79 bits per heavy atom. The number of carboxylic acid groups (broad SMARTS) is 1. The van der Waals surface area contributed by atoms with Gasteiger partial charge in [0.15, 0.2) is 0 Å². The summed E-state index contributed by atoms with van der Waals surface area (Å²) in [6, 6.07) is 0. The molecule has 19 heavy (non-hydrogen) atoms. The first-order valence-corrected chi connectivity index (χ1v) is 5.40. The number of rotatable bonds is 5. The van der Waals surface area contributed by atoms with Crippen LogP contribution in [-0.2, 0) is 20.0 Å². The third-order valence-corrected chi connectivity index (χ3v) is 2.63. The highest BCUT2D eigenvalue weighted by molar-refractivity contribution is 5.89. The number of carbonyl (C=O) groups is 1. The van der Waals surface area contributed by atoms with E-state index in [0.29, 0.717) is 13.0 Å². The number of aryl methyl sites for hydroxylation is 3. The van der Waals surface area contributed by atoms with Crippen LogP contribution in [0.5, 0.6) is 0 Å². The number of aromatic nitrogens is 4. The van der Waals surface area contributed by atoms with Gasteiger partial charge in [0.05, 0.1) is 4.92 Å². The molecule has 100 valence electrons. The van der Waals surface area contributed by atoms with Crippen LogP contribution in [-0.4, -0.2) is 35.3 Å². The van der Waals surface area contributed by atoms with E-state index in [1.54, 1.807) is 12.4 Å². The molecule has 0 radical (unpaired) electrons. The van der Waals surface area contributed by atoms with Crippen LogP contribution in [0.2, 0.25) is 0 Å². The number of hydrogen-bond acceptors (Lipinski definition) is 5. The number of hydrogen-bond donors (Lipinski definition) is 1. The van der Waals surface area contributed by atoms with Gasteiger partial charge in [-0.1, -0.05) is 0 Å². The van der Waals surface area contributed by atoms with Crippen molar-refractivity contribution in [1.82, 2.24) is 19.3 Å². The fourth-order valence-electron chi connectivity index (χ4n) is 1.66. The van der Waals surface area contributed by atoms with Gasteiger partial charge in [-0.3, -0.25) is 14.8 Å². The van der Waals surface area contributed by atoms with Crippen molar-refractivity contribution in [2.75, 3.05) is 0 Å². The van der Waals surface area contributed by atoms with E-state index in [4.69, 9.17) is 5.11 Å². The topological polar surface area (TPSA) is 116 Å². The molecular formula is C10H11N5O4. The first kappa shape index (κ1) is 12.7. The third-order valence-electron chi connectivity index (χ3n) is 2.63. The van der Waals surface area contributed by atoms with Crippen LogP contribution < -0.4 is 0 Å². The number of carboxylic acids is 1. The van der Waals surface area contributed by atoms with Gasteiger partial charge < -0.3 is 9.67 Å². The van der Waals surface area contributed by atoms with Gasteiger partial charge in [-0.2, -0.15) is 5.10 Å². The second-order valence-electron chi connectivity index (χ2n) is 3.89. The molecule has 0 bridgehead atoms. The van der Waals surface area contributed by atoms with Crippen LogP contribution in [0.4, 0.5) is 5.69 Å². The Hall–Kier alpha value is -2.71. The average molecular weight is 265 g/mol. The Kier molecular flexibility index (Phi) is 3.27. The predicted octanol–water partition coefficient (Wildman–Crippen LogP) is 0.466. The van der Waals surface area contributed by atoms with E-state index >= 15 is 0 Å². The summed E-state index contributed by atoms with van der Waals surface area (Å²) in [5.74, 6) is -0.627. The second-order valence-corrected chi connectivity index (χ2v) is 3.89. The molecule has 0 aliphatic heterocycles. The lowest BCUT2D eigenvalue weighted by Crippen LogP contribution is -2.07. The summed E-state index contributed by atoms with van der Waals surface area (Å²) in [6.07, 6.45) is 5.04. The summed E-state index contributed by atoms with van der Waals surface area (Å²) in [5, 5.41) is 23.2. The number of aromatic carboxylic acids is 1. The molecule has 0 saturated heterocycles. The van der Waals surface area contributed by atoms with E-state index < -0.39 is 22.3 Å². The van der Waals surface area contributed by atoms with E-state index in [1.165, 1.54) is 4.68 Å². The quantitative estimate of drug-likeness (QED) is 0.620. The number of nitro groups is 1. The van der Waals surface area contributed by atoms with Gasteiger partial charge in [0.2, 0.25) is 5.69 Å². The summed E-state index contributed by atoms with van der Waals surface area (Å²) >= 11 is 0. The maximum Gasteiger partial charge on any atom is 0.363 e. The third kappa shape index (κ3) is 2.59. The number of nitrogens with zero attached hydrogens (tertiary/aromatic N) is 5. The van der Waals surface area contributed by atoms with E-state index in [9.17, 15) is 14.9 Å². The summed E-state index contributed by atoms with van der Waals surface area (Å²) < 4.78 is 3.06. The van der Waals surface area contributed by atoms with Gasteiger partial charge in [-0.05, 0) is 0 Å². The highest BCUT2D eigenvalue weighted by Gasteiger charge is 2.25. The van der Waals surface area contributed by atoms with Crippen LogP contribution in [0.25, 0.3) is 0 Å². The number of imidazole rings is 1. The standard InChI is InChI=1S/C10H11N5O4/c1-13-5-3-11-8(13)2-4-14-6-7(15(18)19)9(12-14)10(16)17/h3,5-6H,2,4H2,1H3,(H,16,17). The minimum atomic E-state index is -1.41. The Morgan fingerprint density at radius 1 is 1.58 bits per heavy atom. The monoisotopic (exact) mass is 265 g/mol. The Bertz CT molecular complexity index is 598. The molecule has 0 aliphatic carbocycles. The highest BCUT2D eigenvalue weighted by Crippen LogP contribution is 2.16. The summed E-state index contributed by atoms with van der Waals surface area (Å²) in [6.45, 7) is 0.318. The van der Waals surface area contributed by atoms with Gasteiger partial charge in [-0.25, -0.2) is 9.78 Å². The van der Waals surface area contributed by atoms with E-state index in [1.807, 2.05) is 11.6 Å². The van der Waals surface area contributed by atoms with Crippen molar-refractivity contribution >= 4 is 11.7 Å². The minimum Gasteiger partial charge on any atom is -0.476 e. The zero-order valence-electron chi connectivity index (χ0n) is 10.1. The van der Waals surface area contributed by atoms with Crippen molar-refractivity contribution in [1.29, 1.82) is 0 Å². The minimum absolute atomic E-state index is 0.318. The molecule has 2 heterocycles. The normalized spacial score (nSPS) is 10.6. The first-order chi connectivity index (χ1) is 8.99. The van der Waals surface area contributed by atoms with E-state index in [-0.39, 0.29) is 0 Å². The molecule has 2 rings (SSSR count). The van der Waals surface area contributed by atoms with Gasteiger partial charge >= 0.3 is 11.7 Å². The SMILES string of the molecule is Cn1ccnc1CCn1cc([N+](=O)[O-])c(C(=O)O)n1. The zero-order chi connectivity index (χ0) is 14.0. The Labute approximate surface area is 107 Å². The zero-order valence-corrected chi connectivity index (χ0v) is 10.1. The summed E-state index contributed by atoms with van der Waals surface area (Å²) in [5.41, 5.74) is -1.06. The molecule has 0 fully saturated rings. The maximum absolute atomic E-state index is 10.8. The van der Waals surface area contributed by atoms with Crippen molar-refractivity contribution in [2.45, 2.75) is 13.0 Å². The van der Waals surface area contributed by atoms with Crippen LogP contribution in [0.15, 0.2) is 18.6 Å². The van der Waals surface area contributed by atoms with E-state index in [2.05, 4.69) is 10.1 Å². The van der Waals surface area contributed by atoms with Crippen LogP contribution in [0.1, 0.15) is 16.3 Å². The predicted molar refractivity (Wildman–Crippen MR) is 62.8 cm³/mol. The second kappa shape index (κ2) is 4.88. The Balaban J connectivity index is 2.18. The maximum atomic E-state index is 10.8. The molecule has 1 N–H and O–H groups in total. The van der Waals surface area contributed by atoms with Crippen molar-refractivity contribution < 1.29 is 14.8 Å². The van der Waals surface area contributed by atoms with Crippen molar-refractivity contribution in [3.8, 4) is 0 Å². The van der Waals surface area contributed by atoms with Crippen molar-refractivity contribution in [3.05, 3.63) is 40.2 Å². The van der Waals surface area contributed by atoms with Crippen molar-refractivity contribution in [3.63, 3.8) is 0 Å². The van der Waals surface area contributed by atoms with Crippen LogP contribution in [0, 0.1) is 10.1 Å². The fourth-order valence-corrected chi connectivity index (χ4v) is 1.66. The lowest BCUT2D eigenvalue weighted by Gasteiger charge is -2.01. The van der Waals surface area contributed by atoms with Crippen LogP contribution in [0.3, 0.4) is 0 Å². The van der Waals surface area contributed by atoms with Crippen LogP contribution >= 0.6 is 0 Å². The average Bonchev–Trinajstić information content (AvgIpc) is 2.92. The molecule has 0 spiro atoms. The molecule has 9 heteroatoms. The summed E-state index contributed by atoms with van der Waals surface area (Å²) in [4.78, 5) is 24.9. The Morgan fingerprint density at radius 2 is 2.32 bits per heavy atom.